The first-order chi connectivity index (χ1) is 7.36. The van der Waals surface area contributed by atoms with Crippen molar-refractivity contribution in [3.8, 4) is 0 Å². The molecule has 1 saturated carbocycles. The number of Topliss-reactive ketones (excluding diaryl/α,β-unsaturated/α-hetero) is 1. The largest absolute Gasteiger partial charge is 0.295 e. The molecule has 0 heterocycles. The van der Waals surface area contributed by atoms with Crippen LogP contribution in [0.5, 0.6) is 0 Å². The average molecular weight is 206 g/mol. The van der Waals surface area contributed by atoms with Crippen LogP contribution in [0.1, 0.15) is 64.2 Å². The quantitative estimate of drug-likeness (QED) is 0.681. The predicted octanol–water partition coefficient (Wildman–Crippen LogP) is 4.03. The molecule has 84 valence electrons. The van der Waals surface area contributed by atoms with Crippen molar-refractivity contribution in [2.75, 3.05) is 0 Å². The van der Waals surface area contributed by atoms with Gasteiger partial charge in [0.15, 0.2) is 5.78 Å². The fourth-order valence-corrected chi connectivity index (χ4v) is 2.54. The summed E-state index contributed by atoms with van der Waals surface area (Å²) >= 11 is 0. The molecule has 0 unspecified atom stereocenters. The summed E-state index contributed by atoms with van der Waals surface area (Å²) in [6, 6.07) is 0. The molecule has 1 nitrogen and oxygen atoms in total. The summed E-state index contributed by atoms with van der Waals surface area (Å²) in [6.07, 6.45) is 14.3. The lowest BCUT2D eigenvalue weighted by Crippen LogP contribution is -2.17. The number of carbonyl (C=O) groups excluding carboxylic acids is 1. The van der Waals surface area contributed by atoms with Crippen LogP contribution >= 0.6 is 0 Å². The van der Waals surface area contributed by atoms with Gasteiger partial charge in [0.05, 0.1) is 0 Å². The van der Waals surface area contributed by atoms with E-state index in [0.717, 1.165) is 30.8 Å². The van der Waals surface area contributed by atoms with Gasteiger partial charge in [0.25, 0.3) is 0 Å². The summed E-state index contributed by atoms with van der Waals surface area (Å²) in [5.41, 5.74) is 1.15. The van der Waals surface area contributed by atoms with Crippen molar-refractivity contribution in [3.05, 3.63) is 11.6 Å². The molecule has 0 aliphatic heterocycles. The van der Waals surface area contributed by atoms with E-state index >= 15 is 0 Å². The maximum atomic E-state index is 12.0. The van der Waals surface area contributed by atoms with E-state index in [1.807, 2.05) is 0 Å². The predicted molar refractivity (Wildman–Crippen MR) is 62.8 cm³/mol. The van der Waals surface area contributed by atoms with Crippen molar-refractivity contribution in [2.45, 2.75) is 64.2 Å². The molecule has 0 spiro atoms. The highest BCUT2D eigenvalue weighted by Gasteiger charge is 2.22. The molecular formula is C14H22O. The lowest BCUT2D eigenvalue weighted by atomic mass is 9.80. The number of carbonyl (C=O) groups is 1. The zero-order valence-electron chi connectivity index (χ0n) is 9.63. The zero-order valence-corrected chi connectivity index (χ0v) is 9.63. The summed E-state index contributed by atoms with van der Waals surface area (Å²) in [6.45, 7) is 0. The van der Waals surface area contributed by atoms with Crippen molar-refractivity contribution < 1.29 is 4.79 Å². The minimum absolute atomic E-state index is 0.460. The van der Waals surface area contributed by atoms with Crippen molar-refractivity contribution in [1.82, 2.24) is 0 Å². The molecule has 2 rings (SSSR count). The van der Waals surface area contributed by atoms with Gasteiger partial charge < -0.3 is 0 Å². The first-order valence-electron chi connectivity index (χ1n) is 6.58. The number of hydrogen-bond donors (Lipinski definition) is 0. The van der Waals surface area contributed by atoms with Crippen molar-refractivity contribution in [3.63, 3.8) is 0 Å². The van der Waals surface area contributed by atoms with Crippen LogP contribution in [0.15, 0.2) is 11.6 Å². The Morgan fingerprint density at radius 2 is 1.93 bits per heavy atom. The zero-order chi connectivity index (χ0) is 10.5. The van der Waals surface area contributed by atoms with Crippen LogP contribution < -0.4 is 0 Å². The fraction of sp³-hybridized carbons (Fsp3) is 0.786. The molecule has 1 fully saturated rings. The third-order valence-electron chi connectivity index (χ3n) is 3.85. The van der Waals surface area contributed by atoms with E-state index < -0.39 is 0 Å². The highest BCUT2D eigenvalue weighted by molar-refractivity contribution is 5.95. The van der Waals surface area contributed by atoms with Gasteiger partial charge in [-0.15, -0.1) is 0 Å². The summed E-state index contributed by atoms with van der Waals surface area (Å²) in [5, 5.41) is 0. The van der Waals surface area contributed by atoms with Gasteiger partial charge in [-0.2, -0.15) is 0 Å². The smallest absolute Gasteiger partial charge is 0.158 e. The Hall–Kier alpha value is -0.590. The van der Waals surface area contributed by atoms with Crippen LogP contribution in [0.4, 0.5) is 0 Å². The molecule has 15 heavy (non-hydrogen) atoms. The second kappa shape index (κ2) is 5.48. The van der Waals surface area contributed by atoms with Gasteiger partial charge in [0, 0.05) is 6.42 Å². The number of rotatable bonds is 3. The first-order valence-corrected chi connectivity index (χ1v) is 6.58. The van der Waals surface area contributed by atoms with Crippen LogP contribution in [0.2, 0.25) is 0 Å². The molecular weight excluding hydrogens is 184 g/mol. The molecule has 0 aromatic rings. The fourth-order valence-electron chi connectivity index (χ4n) is 2.54. The standard InChI is InChI=1S/C14H22O/c15-14(11-12-7-6-8-12)13-9-4-2-1-3-5-10-13/h9,12H,1-8,10-11H2. The average Bonchev–Trinajstić information content (AvgIpc) is 2.10. The van der Waals surface area contributed by atoms with E-state index in [9.17, 15) is 4.79 Å². The molecule has 0 radical (unpaired) electrons. The Morgan fingerprint density at radius 3 is 2.67 bits per heavy atom. The summed E-state index contributed by atoms with van der Waals surface area (Å²) in [5.74, 6) is 1.19. The molecule has 0 atom stereocenters. The van der Waals surface area contributed by atoms with Crippen LogP contribution in [0.25, 0.3) is 0 Å². The van der Waals surface area contributed by atoms with E-state index in [1.54, 1.807) is 0 Å². The number of hydrogen-bond acceptors (Lipinski definition) is 1. The van der Waals surface area contributed by atoms with Crippen LogP contribution in [-0.4, -0.2) is 5.78 Å². The second-order valence-corrected chi connectivity index (χ2v) is 5.11. The SMILES string of the molecule is O=C(CC1CCC1)C1=CCCCCCC1. The van der Waals surface area contributed by atoms with Crippen molar-refractivity contribution >= 4 is 5.78 Å². The highest BCUT2D eigenvalue weighted by atomic mass is 16.1. The van der Waals surface area contributed by atoms with Gasteiger partial charge >= 0.3 is 0 Å². The molecule has 0 aromatic heterocycles. The van der Waals surface area contributed by atoms with Crippen molar-refractivity contribution in [2.24, 2.45) is 5.92 Å². The molecule has 0 saturated heterocycles. The molecule has 0 amide bonds. The Kier molecular flexibility index (Phi) is 3.99. The van der Waals surface area contributed by atoms with Crippen LogP contribution in [0.3, 0.4) is 0 Å². The van der Waals surface area contributed by atoms with E-state index in [4.69, 9.17) is 0 Å². The molecule has 2 aliphatic rings. The Bertz CT molecular complexity index is 248. The number of allylic oxidation sites excluding steroid dienone is 2. The van der Waals surface area contributed by atoms with Crippen molar-refractivity contribution in [1.29, 1.82) is 0 Å². The second-order valence-electron chi connectivity index (χ2n) is 5.11. The first kappa shape index (κ1) is 10.9. The third-order valence-corrected chi connectivity index (χ3v) is 3.85. The van der Waals surface area contributed by atoms with Gasteiger partial charge in [-0.1, -0.05) is 38.2 Å². The molecule has 1 heteroatoms. The summed E-state index contributed by atoms with van der Waals surface area (Å²) in [4.78, 5) is 12.0. The van der Waals surface area contributed by atoms with E-state index in [1.165, 1.54) is 44.9 Å². The summed E-state index contributed by atoms with van der Waals surface area (Å²) < 4.78 is 0. The monoisotopic (exact) mass is 206 g/mol. The van der Waals surface area contributed by atoms with Gasteiger partial charge in [0.1, 0.15) is 0 Å². The minimum Gasteiger partial charge on any atom is -0.295 e. The Labute approximate surface area is 92.9 Å². The molecule has 0 aromatic carbocycles. The molecule has 0 N–H and O–H groups in total. The van der Waals surface area contributed by atoms with E-state index in [-0.39, 0.29) is 0 Å². The normalized spacial score (nSPS) is 23.6. The summed E-state index contributed by atoms with van der Waals surface area (Å²) in [7, 11) is 0. The van der Waals surface area contributed by atoms with Crippen LogP contribution in [0, 0.1) is 5.92 Å². The van der Waals surface area contributed by atoms with Crippen LogP contribution in [-0.2, 0) is 4.79 Å². The molecule has 2 aliphatic carbocycles. The van der Waals surface area contributed by atoms with Gasteiger partial charge in [-0.25, -0.2) is 0 Å². The van der Waals surface area contributed by atoms with E-state index in [0.29, 0.717) is 5.78 Å². The maximum Gasteiger partial charge on any atom is 0.158 e. The third kappa shape index (κ3) is 3.19. The van der Waals surface area contributed by atoms with Gasteiger partial charge in [0.2, 0.25) is 0 Å². The lowest BCUT2D eigenvalue weighted by Gasteiger charge is -2.25. The maximum absolute atomic E-state index is 12.0. The number of ketones is 1. The van der Waals surface area contributed by atoms with Gasteiger partial charge in [-0.3, -0.25) is 4.79 Å². The Morgan fingerprint density at radius 1 is 1.13 bits per heavy atom. The van der Waals surface area contributed by atoms with E-state index in [2.05, 4.69) is 6.08 Å². The van der Waals surface area contributed by atoms with Gasteiger partial charge in [-0.05, 0) is 37.2 Å². The topological polar surface area (TPSA) is 17.1 Å². The Balaban J connectivity index is 1.85. The highest BCUT2D eigenvalue weighted by Crippen LogP contribution is 2.31. The minimum atomic E-state index is 0.460. The lowest BCUT2D eigenvalue weighted by molar-refractivity contribution is -0.117. The molecule has 0 bridgehead atoms.